The number of hydrogen-bond donors (Lipinski definition) is 2. The first-order valence-electron chi connectivity index (χ1n) is 9.79. The van der Waals surface area contributed by atoms with Crippen LogP contribution in [0.4, 0.5) is 5.82 Å². The summed E-state index contributed by atoms with van der Waals surface area (Å²) in [6.07, 6.45) is 4.73. The van der Waals surface area contributed by atoms with E-state index >= 15 is 0 Å². The minimum Gasteiger partial charge on any atom is -0.367 e. The summed E-state index contributed by atoms with van der Waals surface area (Å²) in [5.41, 5.74) is 2.57. The van der Waals surface area contributed by atoms with Gasteiger partial charge < -0.3 is 5.32 Å². The number of rotatable bonds is 7. The predicted octanol–water partition coefficient (Wildman–Crippen LogP) is 4.16. The molecule has 152 valence electrons. The smallest absolute Gasteiger partial charge is 0.240 e. The van der Waals surface area contributed by atoms with Crippen molar-refractivity contribution in [3.63, 3.8) is 0 Å². The Kier molecular flexibility index (Phi) is 5.99. The molecule has 0 radical (unpaired) electrons. The van der Waals surface area contributed by atoms with Gasteiger partial charge in [0.25, 0.3) is 0 Å². The molecule has 1 aliphatic carbocycles. The lowest BCUT2D eigenvalue weighted by Crippen LogP contribution is -2.32. The van der Waals surface area contributed by atoms with Gasteiger partial charge in [0.05, 0.1) is 15.9 Å². The van der Waals surface area contributed by atoms with Crippen molar-refractivity contribution >= 4 is 38.5 Å². The lowest BCUT2D eigenvalue weighted by molar-refractivity contribution is 0.552. The average molecular weight is 431 g/mol. The normalized spacial score (nSPS) is 15.1. The van der Waals surface area contributed by atoms with Gasteiger partial charge in [-0.15, -0.1) is 0 Å². The van der Waals surface area contributed by atoms with Crippen molar-refractivity contribution in [3.8, 4) is 0 Å². The summed E-state index contributed by atoms with van der Waals surface area (Å²) in [6, 6.07) is 14.6. The zero-order chi connectivity index (χ0) is 20.3. The highest BCUT2D eigenvalue weighted by Crippen LogP contribution is 2.22. The van der Waals surface area contributed by atoms with Crippen LogP contribution < -0.4 is 10.0 Å². The van der Waals surface area contributed by atoms with Gasteiger partial charge in [-0.05, 0) is 49.1 Å². The number of anilines is 1. The van der Waals surface area contributed by atoms with Crippen LogP contribution in [0.3, 0.4) is 0 Å². The SMILES string of the molecule is O=S(=O)(NC1CCCC1)c1ccc(CCNc2nc3ccccc3nc2Cl)cc1. The highest BCUT2D eigenvalue weighted by Gasteiger charge is 2.22. The van der Waals surface area contributed by atoms with Crippen LogP contribution in [-0.2, 0) is 16.4 Å². The minimum absolute atomic E-state index is 0.0664. The number of sulfonamides is 1. The Bertz CT molecular complexity index is 1100. The van der Waals surface area contributed by atoms with Crippen LogP contribution in [0.1, 0.15) is 31.2 Å². The minimum atomic E-state index is -3.45. The molecule has 0 amide bonds. The van der Waals surface area contributed by atoms with Crippen LogP contribution in [0.15, 0.2) is 53.4 Å². The van der Waals surface area contributed by atoms with Crippen molar-refractivity contribution in [1.29, 1.82) is 0 Å². The zero-order valence-corrected chi connectivity index (χ0v) is 17.5. The van der Waals surface area contributed by atoms with Gasteiger partial charge >= 0.3 is 0 Å². The first-order chi connectivity index (χ1) is 14.0. The molecule has 8 heteroatoms. The second-order valence-corrected chi connectivity index (χ2v) is 9.35. The van der Waals surface area contributed by atoms with Crippen molar-refractivity contribution < 1.29 is 8.42 Å². The Morgan fingerprint density at radius 1 is 0.966 bits per heavy atom. The van der Waals surface area contributed by atoms with Gasteiger partial charge in [-0.1, -0.05) is 48.7 Å². The molecule has 0 bridgehead atoms. The molecule has 0 atom stereocenters. The lowest BCUT2D eigenvalue weighted by atomic mass is 10.1. The lowest BCUT2D eigenvalue weighted by Gasteiger charge is -2.13. The molecule has 0 aliphatic heterocycles. The van der Waals surface area contributed by atoms with E-state index in [1.54, 1.807) is 12.1 Å². The summed E-state index contributed by atoms with van der Waals surface area (Å²) >= 11 is 6.22. The quantitative estimate of drug-likeness (QED) is 0.588. The van der Waals surface area contributed by atoms with Crippen LogP contribution in [0.25, 0.3) is 11.0 Å². The van der Waals surface area contributed by atoms with Gasteiger partial charge in [-0.2, -0.15) is 0 Å². The summed E-state index contributed by atoms with van der Waals surface area (Å²) < 4.78 is 27.8. The van der Waals surface area contributed by atoms with Crippen molar-refractivity contribution in [2.45, 2.75) is 43.0 Å². The molecule has 6 nitrogen and oxygen atoms in total. The van der Waals surface area contributed by atoms with Crippen molar-refractivity contribution in [1.82, 2.24) is 14.7 Å². The van der Waals surface area contributed by atoms with Crippen LogP contribution in [-0.4, -0.2) is 31.0 Å². The molecule has 0 unspecified atom stereocenters. The number of hydrogen-bond acceptors (Lipinski definition) is 5. The van der Waals surface area contributed by atoms with Gasteiger partial charge in [0.15, 0.2) is 11.0 Å². The largest absolute Gasteiger partial charge is 0.367 e. The number of aromatic nitrogens is 2. The molecule has 3 aromatic rings. The second kappa shape index (κ2) is 8.65. The molecule has 29 heavy (non-hydrogen) atoms. The number of nitrogens with zero attached hydrogens (tertiary/aromatic N) is 2. The van der Waals surface area contributed by atoms with E-state index in [2.05, 4.69) is 20.0 Å². The van der Waals surface area contributed by atoms with E-state index in [1.165, 1.54) is 0 Å². The number of fused-ring (bicyclic) bond motifs is 1. The van der Waals surface area contributed by atoms with E-state index < -0.39 is 10.0 Å². The average Bonchev–Trinajstić information content (AvgIpc) is 3.21. The first-order valence-corrected chi connectivity index (χ1v) is 11.6. The Balaban J connectivity index is 1.36. The Morgan fingerprint density at radius 3 is 2.31 bits per heavy atom. The zero-order valence-electron chi connectivity index (χ0n) is 15.9. The fourth-order valence-corrected chi connectivity index (χ4v) is 5.09. The number of halogens is 1. The third-order valence-corrected chi connectivity index (χ3v) is 6.94. The third-order valence-electron chi connectivity index (χ3n) is 5.14. The molecule has 1 aliphatic rings. The molecular formula is C21H23ClN4O2S. The maximum atomic E-state index is 12.5. The molecule has 1 heterocycles. The Morgan fingerprint density at radius 2 is 1.62 bits per heavy atom. The van der Waals surface area contributed by atoms with Crippen LogP contribution in [0.2, 0.25) is 5.15 Å². The van der Waals surface area contributed by atoms with Crippen molar-refractivity contribution in [2.75, 3.05) is 11.9 Å². The van der Waals surface area contributed by atoms with E-state index in [-0.39, 0.29) is 6.04 Å². The van der Waals surface area contributed by atoms with Crippen LogP contribution in [0.5, 0.6) is 0 Å². The van der Waals surface area contributed by atoms with Crippen molar-refractivity contribution in [2.24, 2.45) is 0 Å². The Hall–Kier alpha value is -2.22. The molecule has 1 aromatic heterocycles. The first kappa shape index (κ1) is 20.1. The van der Waals surface area contributed by atoms with Gasteiger partial charge in [0.1, 0.15) is 0 Å². The van der Waals surface area contributed by atoms with Gasteiger partial charge in [0.2, 0.25) is 10.0 Å². The fraction of sp³-hybridized carbons (Fsp3) is 0.333. The monoisotopic (exact) mass is 430 g/mol. The summed E-state index contributed by atoms with van der Waals surface area (Å²) in [7, 11) is -3.45. The van der Waals surface area contributed by atoms with E-state index in [9.17, 15) is 8.42 Å². The van der Waals surface area contributed by atoms with Crippen LogP contribution in [0, 0.1) is 0 Å². The van der Waals surface area contributed by atoms with E-state index in [1.807, 2.05) is 36.4 Å². The summed E-state index contributed by atoms with van der Waals surface area (Å²) in [5.74, 6) is 0.547. The van der Waals surface area contributed by atoms with Gasteiger partial charge in [0, 0.05) is 12.6 Å². The third kappa shape index (κ3) is 4.86. The molecule has 1 fully saturated rings. The van der Waals surface area contributed by atoms with E-state index in [0.717, 1.165) is 42.3 Å². The number of nitrogens with one attached hydrogen (secondary N) is 2. The highest BCUT2D eigenvalue weighted by atomic mass is 35.5. The number of benzene rings is 2. The van der Waals surface area contributed by atoms with Crippen molar-refractivity contribution in [3.05, 3.63) is 59.2 Å². The maximum Gasteiger partial charge on any atom is 0.240 e. The number of para-hydroxylation sites is 2. The van der Waals surface area contributed by atoms with Gasteiger partial charge in [-0.25, -0.2) is 23.1 Å². The van der Waals surface area contributed by atoms with E-state index in [0.29, 0.717) is 28.8 Å². The molecule has 4 rings (SSSR count). The molecular weight excluding hydrogens is 408 g/mol. The topological polar surface area (TPSA) is 84.0 Å². The second-order valence-electron chi connectivity index (χ2n) is 7.28. The molecule has 0 spiro atoms. The van der Waals surface area contributed by atoms with Crippen LogP contribution >= 0.6 is 11.6 Å². The highest BCUT2D eigenvalue weighted by molar-refractivity contribution is 7.89. The van der Waals surface area contributed by atoms with E-state index in [4.69, 9.17) is 11.6 Å². The summed E-state index contributed by atoms with van der Waals surface area (Å²) in [4.78, 5) is 9.17. The Labute approximate surface area is 175 Å². The fourth-order valence-electron chi connectivity index (χ4n) is 3.58. The van der Waals surface area contributed by atoms with Gasteiger partial charge in [-0.3, -0.25) is 0 Å². The standard InChI is InChI=1S/C21H23ClN4O2S/c22-20-21(25-19-8-4-3-7-18(19)24-20)23-14-13-15-9-11-17(12-10-15)29(27,28)26-16-5-1-2-6-16/h3-4,7-12,16,26H,1-2,5-6,13-14H2,(H,23,25). The molecule has 2 aromatic carbocycles. The molecule has 2 N–H and O–H groups in total. The molecule has 1 saturated carbocycles. The molecule has 0 saturated heterocycles. The maximum absolute atomic E-state index is 12.5. The predicted molar refractivity (Wildman–Crippen MR) is 116 cm³/mol. The summed E-state index contributed by atoms with van der Waals surface area (Å²) in [5, 5.41) is 3.55. The summed E-state index contributed by atoms with van der Waals surface area (Å²) in [6.45, 7) is 0.610.